The van der Waals surface area contributed by atoms with E-state index in [1.165, 1.54) is 12.1 Å². The summed E-state index contributed by atoms with van der Waals surface area (Å²) >= 11 is 8.99. The van der Waals surface area contributed by atoms with Gasteiger partial charge in [-0.1, -0.05) is 40.2 Å². The molecule has 26 heavy (non-hydrogen) atoms. The molecule has 1 aliphatic rings. The van der Waals surface area contributed by atoms with Gasteiger partial charge in [-0.2, -0.15) is 0 Å². The number of benzene rings is 2. The summed E-state index contributed by atoms with van der Waals surface area (Å²) in [7, 11) is 0. The number of halogens is 2. The Kier molecular flexibility index (Phi) is 5.53. The van der Waals surface area contributed by atoms with Crippen LogP contribution in [0.25, 0.3) is 0 Å². The van der Waals surface area contributed by atoms with Crippen LogP contribution in [0.3, 0.4) is 0 Å². The van der Waals surface area contributed by atoms with Crippen LogP contribution >= 0.6 is 28.1 Å². The van der Waals surface area contributed by atoms with Crippen LogP contribution in [0.15, 0.2) is 64.3 Å². The van der Waals surface area contributed by atoms with E-state index in [1.807, 2.05) is 36.1 Å². The van der Waals surface area contributed by atoms with Gasteiger partial charge in [0.25, 0.3) is 0 Å². The normalized spacial score (nSPS) is 17.3. The molecular weight excluding hydrogens is 415 g/mol. The zero-order chi connectivity index (χ0) is 18.8. The molecule has 0 radical (unpaired) electrons. The number of Topliss-reactive ketones (excluding diaryl/α,β-unsaturated/α-hetero) is 1. The van der Waals surface area contributed by atoms with Crippen LogP contribution in [0.5, 0.6) is 0 Å². The Morgan fingerprint density at radius 2 is 1.81 bits per heavy atom. The molecule has 0 aliphatic carbocycles. The highest BCUT2D eigenvalue weighted by Crippen LogP contribution is 2.32. The van der Waals surface area contributed by atoms with E-state index >= 15 is 0 Å². The first kappa shape index (κ1) is 18.7. The Balaban J connectivity index is 1.98. The van der Waals surface area contributed by atoms with Crippen LogP contribution in [-0.2, 0) is 11.3 Å². The van der Waals surface area contributed by atoms with Crippen molar-refractivity contribution in [1.29, 1.82) is 0 Å². The van der Waals surface area contributed by atoms with Crippen LogP contribution in [0.1, 0.15) is 31.0 Å². The van der Waals surface area contributed by atoms with Crippen molar-refractivity contribution in [2.24, 2.45) is 0 Å². The lowest BCUT2D eigenvalue weighted by Crippen LogP contribution is -2.47. The molecule has 1 atom stereocenters. The van der Waals surface area contributed by atoms with Gasteiger partial charge in [0.1, 0.15) is 5.82 Å². The second kappa shape index (κ2) is 7.68. The largest absolute Gasteiger partial charge is 0.351 e. The van der Waals surface area contributed by atoms with Crippen molar-refractivity contribution in [3.8, 4) is 0 Å². The van der Waals surface area contributed by atoms with E-state index in [1.54, 1.807) is 19.1 Å². The van der Waals surface area contributed by atoms with Crippen LogP contribution in [0.2, 0.25) is 0 Å². The minimum atomic E-state index is -0.280. The zero-order valence-corrected chi connectivity index (χ0v) is 16.8. The third-order valence-corrected chi connectivity index (χ3v) is 5.30. The van der Waals surface area contributed by atoms with Crippen molar-refractivity contribution in [3.05, 3.63) is 81.2 Å². The Bertz CT molecular complexity index is 878. The second-order valence-corrected chi connectivity index (χ2v) is 7.50. The van der Waals surface area contributed by atoms with Gasteiger partial charge < -0.3 is 10.2 Å². The Labute approximate surface area is 166 Å². The summed E-state index contributed by atoms with van der Waals surface area (Å²) in [4.78, 5) is 14.3. The molecule has 0 saturated heterocycles. The maximum absolute atomic E-state index is 13.1. The smallest absolute Gasteiger partial charge is 0.174 e. The zero-order valence-electron chi connectivity index (χ0n) is 14.4. The number of nitrogens with one attached hydrogen (secondary N) is 1. The maximum atomic E-state index is 13.1. The third-order valence-electron chi connectivity index (χ3n) is 4.43. The van der Waals surface area contributed by atoms with Gasteiger partial charge >= 0.3 is 0 Å². The molecule has 3 rings (SSSR count). The summed E-state index contributed by atoms with van der Waals surface area (Å²) in [6.07, 6.45) is 0. The third kappa shape index (κ3) is 3.86. The molecule has 2 aromatic rings. The molecule has 3 nitrogen and oxygen atoms in total. The number of thiocarbonyl (C=S) groups is 1. The monoisotopic (exact) mass is 432 g/mol. The molecule has 2 aromatic carbocycles. The molecule has 0 saturated carbocycles. The maximum Gasteiger partial charge on any atom is 0.174 e. The highest BCUT2D eigenvalue weighted by atomic mass is 79.9. The SMILES string of the molecule is CC(=O)C1=C(C)N(Cc2ccc(F)cc2)C(=S)NC1c1ccc(Br)cc1. The molecule has 6 heteroatoms. The number of nitrogens with zero attached hydrogens (tertiary/aromatic N) is 1. The topological polar surface area (TPSA) is 32.3 Å². The number of carbonyl (C=O) groups is 1. The van der Waals surface area contributed by atoms with Gasteiger partial charge in [0.2, 0.25) is 0 Å². The molecule has 0 bridgehead atoms. The quantitative estimate of drug-likeness (QED) is 0.697. The Morgan fingerprint density at radius 1 is 1.19 bits per heavy atom. The molecule has 1 heterocycles. The van der Waals surface area contributed by atoms with Gasteiger partial charge in [0.05, 0.1) is 6.04 Å². The molecule has 1 N–H and O–H groups in total. The van der Waals surface area contributed by atoms with Crippen LogP contribution in [0.4, 0.5) is 4.39 Å². The van der Waals surface area contributed by atoms with Crippen molar-refractivity contribution in [2.75, 3.05) is 0 Å². The van der Waals surface area contributed by atoms with Gasteiger partial charge in [0, 0.05) is 22.3 Å². The van der Waals surface area contributed by atoms with Crippen molar-refractivity contribution in [3.63, 3.8) is 0 Å². The van der Waals surface area contributed by atoms with E-state index in [-0.39, 0.29) is 17.6 Å². The summed E-state index contributed by atoms with van der Waals surface area (Å²) in [5, 5.41) is 3.83. The van der Waals surface area contributed by atoms with Gasteiger partial charge in [-0.3, -0.25) is 4.79 Å². The van der Waals surface area contributed by atoms with E-state index < -0.39 is 0 Å². The molecule has 0 amide bonds. The summed E-state index contributed by atoms with van der Waals surface area (Å²) in [5.41, 5.74) is 3.39. The highest BCUT2D eigenvalue weighted by molar-refractivity contribution is 9.10. The van der Waals surface area contributed by atoms with E-state index in [4.69, 9.17) is 12.2 Å². The van der Waals surface area contributed by atoms with Crippen molar-refractivity contribution in [1.82, 2.24) is 10.2 Å². The van der Waals surface area contributed by atoms with E-state index in [9.17, 15) is 9.18 Å². The average Bonchev–Trinajstić information content (AvgIpc) is 2.60. The number of carbonyl (C=O) groups excluding carboxylic acids is 1. The fourth-order valence-corrected chi connectivity index (χ4v) is 3.69. The molecule has 0 fully saturated rings. The van der Waals surface area contributed by atoms with Gasteiger partial charge in [-0.05, 0) is 61.5 Å². The van der Waals surface area contributed by atoms with E-state index in [2.05, 4.69) is 21.2 Å². The predicted molar refractivity (Wildman–Crippen MR) is 108 cm³/mol. The van der Waals surface area contributed by atoms with Gasteiger partial charge in [-0.15, -0.1) is 0 Å². The van der Waals surface area contributed by atoms with Gasteiger partial charge in [-0.25, -0.2) is 4.39 Å². The molecule has 134 valence electrons. The summed E-state index contributed by atoms with van der Waals surface area (Å²) in [6.45, 7) is 3.94. The van der Waals surface area contributed by atoms with E-state index in [0.717, 1.165) is 21.3 Å². The summed E-state index contributed by atoms with van der Waals surface area (Å²) in [6, 6.07) is 13.8. The highest BCUT2D eigenvalue weighted by Gasteiger charge is 2.32. The first-order valence-corrected chi connectivity index (χ1v) is 9.36. The lowest BCUT2D eigenvalue weighted by molar-refractivity contribution is -0.114. The summed E-state index contributed by atoms with van der Waals surface area (Å²) < 4.78 is 14.1. The second-order valence-electron chi connectivity index (χ2n) is 6.20. The molecule has 1 aliphatic heterocycles. The van der Waals surface area contributed by atoms with Crippen molar-refractivity contribution >= 4 is 39.0 Å². The molecule has 1 unspecified atom stereocenters. The predicted octanol–water partition coefficient (Wildman–Crippen LogP) is 4.88. The first-order chi connectivity index (χ1) is 12.4. The standard InChI is InChI=1S/C20H18BrFN2OS/c1-12-18(13(2)25)19(15-5-7-16(21)8-6-15)23-20(26)24(12)11-14-3-9-17(22)10-4-14/h3-10,19H,11H2,1-2H3,(H,23,26). The minimum Gasteiger partial charge on any atom is -0.351 e. The minimum absolute atomic E-state index is 0.00507. The molecular formula is C20H18BrFN2OS. The van der Waals surface area contributed by atoms with Crippen LogP contribution < -0.4 is 5.32 Å². The number of allylic oxidation sites excluding steroid dienone is 1. The fourth-order valence-electron chi connectivity index (χ4n) is 3.11. The number of ketones is 1. The number of hydrogen-bond acceptors (Lipinski definition) is 2. The van der Waals surface area contributed by atoms with Crippen molar-refractivity contribution in [2.45, 2.75) is 26.4 Å². The lowest BCUT2D eigenvalue weighted by atomic mass is 9.92. The van der Waals surface area contributed by atoms with Gasteiger partial charge in [0.15, 0.2) is 10.9 Å². The fraction of sp³-hybridized carbons (Fsp3) is 0.200. The Morgan fingerprint density at radius 3 is 2.38 bits per heavy atom. The van der Waals surface area contributed by atoms with Crippen LogP contribution in [0, 0.1) is 5.82 Å². The summed E-state index contributed by atoms with van der Waals surface area (Å²) in [5.74, 6) is -0.283. The van der Waals surface area contributed by atoms with Crippen LogP contribution in [-0.4, -0.2) is 15.8 Å². The van der Waals surface area contributed by atoms with Crippen molar-refractivity contribution < 1.29 is 9.18 Å². The molecule has 0 aromatic heterocycles. The Hall–Kier alpha value is -2.05. The van der Waals surface area contributed by atoms with E-state index in [0.29, 0.717) is 17.2 Å². The first-order valence-electron chi connectivity index (χ1n) is 8.16. The average molecular weight is 433 g/mol. The number of hydrogen-bond donors (Lipinski definition) is 1. The number of rotatable bonds is 4. The molecule has 0 spiro atoms. The lowest BCUT2D eigenvalue weighted by Gasteiger charge is -2.38.